The summed E-state index contributed by atoms with van der Waals surface area (Å²) in [6.45, 7) is 16.1. The van der Waals surface area contributed by atoms with E-state index in [2.05, 4.69) is 90.7 Å². The molecule has 2 saturated heterocycles. The van der Waals surface area contributed by atoms with Crippen LogP contribution in [0.3, 0.4) is 0 Å². The zero-order valence-electron chi connectivity index (χ0n) is 39.6. The second-order valence-corrected chi connectivity index (χ2v) is 20.3. The van der Waals surface area contributed by atoms with E-state index in [1.54, 1.807) is 43.8 Å². The van der Waals surface area contributed by atoms with Crippen molar-refractivity contribution in [2.75, 3.05) is 60.2 Å². The van der Waals surface area contributed by atoms with E-state index in [0.717, 1.165) is 51.9 Å². The van der Waals surface area contributed by atoms with Gasteiger partial charge in [0.15, 0.2) is 11.6 Å². The fourth-order valence-corrected chi connectivity index (χ4v) is 9.40. The number of rotatable bonds is 6. The number of pyridine rings is 6. The number of nitrogens with two attached hydrogens (primary N) is 1. The second-order valence-electron chi connectivity index (χ2n) is 18.1. The van der Waals surface area contributed by atoms with Crippen LogP contribution < -0.4 is 20.9 Å². The zero-order chi connectivity index (χ0) is 50.8. The second kappa shape index (κ2) is 21.3. The molecule has 0 amide bonds. The molecule has 368 valence electrons. The summed E-state index contributed by atoms with van der Waals surface area (Å²) in [6, 6.07) is 18.7. The van der Waals surface area contributed by atoms with Crippen LogP contribution in [0, 0.1) is 37.1 Å². The lowest BCUT2D eigenvalue weighted by Crippen LogP contribution is -2.48. The van der Waals surface area contributed by atoms with Gasteiger partial charge in [-0.1, -0.05) is 23.7 Å². The van der Waals surface area contributed by atoms with E-state index in [1.807, 2.05) is 57.2 Å². The average molecular weight is 1120 g/mol. The Balaban J connectivity index is 0.000000158. The molecule has 8 heterocycles. The lowest BCUT2D eigenvalue weighted by atomic mass is 10.0. The van der Waals surface area contributed by atoms with Crippen molar-refractivity contribution in [3.63, 3.8) is 0 Å². The van der Waals surface area contributed by atoms with E-state index in [-0.39, 0.29) is 38.0 Å². The highest BCUT2D eigenvalue weighted by Gasteiger charge is 2.31. The first-order chi connectivity index (χ1) is 33.8. The lowest BCUT2D eigenvalue weighted by molar-refractivity contribution is -0.0281. The van der Waals surface area contributed by atoms with Gasteiger partial charge >= 0.3 is 0 Å². The van der Waals surface area contributed by atoms with Gasteiger partial charge in [0.1, 0.15) is 23.3 Å². The fraction of sp³-hybridized carbons (Fsp3) is 0.269. The number of hydrogen-bond acceptors (Lipinski definition) is 12. The molecule has 3 N–H and O–H groups in total. The van der Waals surface area contributed by atoms with Gasteiger partial charge < -0.3 is 30.3 Å². The molecule has 19 heteroatoms. The Morgan fingerprint density at radius 3 is 1.66 bits per heavy atom. The molecule has 6 aromatic heterocycles. The highest BCUT2D eigenvalue weighted by molar-refractivity contribution is 9.10. The molecule has 0 spiro atoms. The number of nitrogens with zero attached hydrogens (tertiary/aromatic N) is 8. The van der Waals surface area contributed by atoms with E-state index in [4.69, 9.17) is 26.8 Å². The first kappa shape index (κ1) is 51.3. The maximum Gasteiger partial charge on any atom is 0.152 e. The Morgan fingerprint density at radius 1 is 0.648 bits per heavy atom. The van der Waals surface area contributed by atoms with Gasteiger partial charge in [-0.3, -0.25) is 9.97 Å². The highest BCUT2D eigenvalue weighted by atomic mass is 79.9. The Bertz CT molecular complexity index is 3250. The molecule has 0 atom stereocenters. The number of anilines is 5. The predicted octanol–water partition coefficient (Wildman–Crippen LogP) is 13.0. The van der Waals surface area contributed by atoms with E-state index < -0.39 is 23.3 Å². The molecular weight excluding hydrogens is 1070 g/mol. The minimum absolute atomic E-state index is 0.130. The number of morpholine rings is 2. The van der Waals surface area contributed by atoms with Crippen LogP contribution in [-0.2, 0) is 9.47 Å². The van der Waals surface area contributed by atoms with Gasteiger partial charge in [0.05, 0.1) is 91.1 Å². The molecule has 2 fully saturated rings. The number of benzene rings is 2. The van der Waals surface area contributed by atoms with Crippen molar-refractivity contribution in [3.8, 4) is 22.8 Å². The molecule has 0 aliphatic carbocycles. The molecule has 12 nitrogen and oxygen atoms in total. The standard InChI is InChI=1S/C26H24BrF2N5O.C15H9ClF2N2.C11H16BrN3O/c1-15-23(19-6-4-5-7-30-19)32-20-12-17(28)11-18(29)22(20)24(15)33-21-10-16(27)13-31-25(21)34-8-9-35-26(2,3)14-34;1-8-14(16)13-10(18)6-9(17)7-12(13)20-15(8)11-4-2-3-5-19-11;1-11(2)7-15(3-4-16-11)10-9(13)5-8(12)6-14-10/h4-7,10-13H,8-9,14H2,1-3H3,(H,32,33);2-7H,1H3;5-6H,3-4,7,13H2,1-2H3. The summed E-state index contributed by atoms with van der Waals surface area (Å²) in [7, 11) is 0. The number of nitrogens with one attached hydrogen (secondary N) is 1. The van der Waals surface area contributed by atoms with Gasteiger partial charge in [-0.05, 0) is 115 Å². The number of aromatic nitrogens is 6. The topological polar surface area (TPSA) is 140 Å². The van der Waals surface area contributed by atoms with Crippen molar-refractivity contribution in [3.05, 3.63) is 146 Å². The van der Waals surface area contributed by atoms with Crippen LogP contribution in [-0.4, -0.2) is 80.5 Å². The third-order valence-electron chi connectivity index (χ3n) is 11.6. The molecule has 8 aromatic rings. The van der Waals surface area contributed by atoms with Gasteiger partial charge in [-0.2, -0.15) is 0 Å². The van der Waals surface area contributed by atoms with E-state index in [1.165, 1.54) is 6.07 Å². The molecule has 0 saturated carbocycles. The van der Waals surface area contributed by atoms with Crippen LogP contribution in [0.1, 0.15) is 38.8 Å². The molecule has 71 heavy (non-hydrogen) atoms. The third-order valence-corrected chi connectivity index (χ3v) is 13.0. The smallest absolute Gasteiger partial charge is 0.152 e. The number of hydrogen-bond donors (Lipinski definition) is 2. The maximum absolute atomic E-state index is 15.2. The monoisotopic (exact) mass is 1110 g/mol. The highest BCUT2D eigenvalue weighted by Crippen LogP contribution is 2.40. The molecule has 10 rings (SSSR count). The molecule has 2 aromatic carbocycles. The molecule has 0 bridgehead atoms. The minimum atomic E-state index is -0.715. The molecule has 2 aliphatic heterocycles. The van der Waals surface area contributed by atoms with E-state index in [0.29, 0.717) is 77.3 Å². The zero-order valence-corrected chi connectivity index (χ0v) is 43.5. The normalized spacial score (nSPS) is 15.2. The molecule has 0 unspecified atom stereocenters. The minimum Gasteiger partial charge on any atom is -0.396 e. The number of halogens is 7. The fourth-order valence-electron chi connectivity index (χ4n) is 8.44. The van der Waals surface area contributed by atoms with E-state index >= 15 is 4.39 Å². The maximum atomic E-state index is 15.2. The van der Waals surface area contributed by atoms with Crippen LogP contribution in [0.2, 0.25) is 5.02 Å². The van der Waals surface area contributed by atoms with Crippen molar-refractivity contribution in [1.29, 1.82) is 0 Å². The molecule has 0 radical (unpaired) electrons. The van der Waals surface area contributed by atoms with Crippen molar-refractivity contribution >= 4 is 94.0 Å². The first-order valence-corrected chi connectivity index (χ1v) is 24.4. The summed E-state index contributed by atoms with van der Waals surface area (Å²) in [5, 5.41) is 3.98. The lowest BCUT2D eigenvalue weighted by Gasteiger charge is -2.39. The van der Waals surface area contributed by atoms with E-state index in [9.17, 15) is 13.2 Å². The van der Waals surface area contributed by atoms with Crippen molar-refractivity contribution in [1.82, 2.24) is 29.9 Å². The van der Waals surface area contributed by atoms with Crippen molar-refractivity contribution in [2.24, 2.45) is 0 Å². The van der Waals surface area contributed by atoms with Gasteiger partial charge in [-0.15, -0.1) is 0 Å². The van der Waals surface area contributed by atoms with Crippen LogP contribution in [0.15, 0.2) is 107 Å². The molecular formula is C52H49Br2ClF4N10O2. The summed E-state index contributed by atoms with van der Waals surface area (Å²) in [4.78, 5) is 30.8. The molecule has 2 aliphatic rings. The summed E-state index contributed by atoms with van der Waals surface area (Å²) < 4.78 is 69.7. The Labute approximate surface area is 430 Å². The summed E-state index contributed by atoms with van der Waals surface area (Å²) in [5.41, 5.74) is 11.3. The van der Waals surface area contributed by atoms with Crippen LogP contribution >= 0.6 is 43.5 Å². The average Bonchev–Trinajstić information content (AvgIpc) is 3.31. The SMILES string of the molecule is CC1(C)CN(c2ncc(Br)cc2N)CCO1.Cc1c(-c2ccccn2)nc2cc(F)cc(F)c2c1Cl.Cc1c(-c2ccccn2)nc2cc(F)cc(F)c2c1Nc1cc(Br)cnc1N1CCOC(C)(C)C1. The Kier molecular flexibility index (Phi) is 15.4. The van der Waals surface area contributed by atoms with Crippen LogP contribution in [0.5, 0.6) is 0 Å². The number of nitrogen functional groups attached to an aromatic ring is 1. The van der Waals surface area contributed by atoms with Crippen LogP contribution in [0.4, 0.5) is 46.3 Å². The predicted molar refractivity (Wildman–Crippen MR) is 280 cm³/mol. The number of ether oxygens (including phenoxy) is 2. The van der Waals surface area contributed by atoms with Gasteiger partial charge in [0, 0.05) is 89.7 Å². The van der Waals surface area contributed by atoms with Crippen molar-refractivity contribution in [2.45, 2.75) is 52.7 Å². The van der Waals surface area contributed by atoms with Crippen LogP contribution in [0.25, 0.3) is 44.6 Å². The Hall–Kier alpha value is -6.05. The quantitative estimate of drug-likeness (QED) is 0.153. The van der Waals surface area contributed by atoms with Crippen molar-refractivity contribution < 1.29 is 27.0 Å². The first-order valence-electron chi connectivity index (χ1n) is 22.5. The summed E-state index contributed by atoms with van der Waals surface area (Å²) in [6.07, 6.45) is 6.79. The Morgan fingerprint density at radius 2 is 1.14 bits per heavy atom. The van der Waals surface area contributed by atoms with Gasteiger partial charge in [0.25, 0.3) is 0 Å². The third kappa shape index (κ3) is 11.8. The number of fused-ring (bicyclic) bond motifs is 2. The van der Waals surface area contributed by atoms with Gasteiger partial charge in [-0.25, -0.2) is 37.5 Å². The largest absolute Gasteiger partial charge is 0.396 e. The van der Waals surface area contributed by atoms with Gasteiger partial charge in [0.2, 0.25) is 0 Å². The summed E-state index contributed by atoms with van der Waals surface area (Å²) in [5.74, 6) is -1.22. The summed E-state index contributed by atoms with van der Waals surface area (Å²) >= 11 is 13.1.